The first-order chi connectivity index (χ1) is 9.11. The molecule has 102 valence electrons. The van der Waals surface area contributed by atoms with Gasteiger partial charge in [-0.15, -0.1) is 11.3 Å². The summed E-state index contributed by atoms with van der Waals surface area (Å²) < 4.78 is 5.05. The van der Waals surface area contributed by atoms with Crippen LogP contribution in [0.4, 0.5) is 0 Å². The summed E-state index contributed by atoms with van der Waals surface area (Å²) in [5.41, 5.74) is 0.926. The Morgan fingerprint density at radius 2 is 2.21 bits per heavy atom. The normalized spacial score (nSPS) is 12.4. The van der Waals surface area contributed by atoms with Crippen molar-refractivity contribution in [3.05, 3.63) is 45.1 Å². The number of aromatic hydroxyl groups is 1. The predicted octanol–water partition coefficient (Wildman–Crippen LogP) is 3.78. The van der Waals surface area contributed by atoms with E-state index in [9.17, 15) is 10.2 Å². The molecule has 1 atom stereocenters. The van der Waals surface area contributed by atoms with Gasteiger partial charge in [0.25, 0.3) is 0 Å². The third-order valence-corrected chi connectivity index (χ3v) is 4.15. The Balaban J connectivity index is 2.05. The summed E-state index contributed by atoms with van der Waals surface area (Å²) in [7, 11) is 1.48. The second-order valence-electron chi connectivity index (χ2n) is 4.20. The maximum Gasteiger partial charge on any atom is 0.176 e. The number of aliphatic hydroxyl groups is 1. The SMILES string of the molecule is COc1cc(CCC(O)c2cccs2)cc(Cl)c1O. The number of aliphatic hydroxyl groups excluding tert-OH is 1. The number of ether oxygens (including phenoxy) is 1. The molecule has 0 radical (unpaired) electrons. The van der Waals surface area contributed by atoms with Gasteiger partial charge in [0.05, 0.1) is 18.2 Å². The summed E-state index contributed by atoms with van der Waals surface area (Å²) in [6, 6.07) is 7.27. The van der Waals surface area contributed by atoms with Crippen molar-refractivity contribution in [1.29, 1.82) is 0 Å². The third-order valence-electron chi connectivity index (χ3n) is 2.89. The van der Waals surface area contributed by atoms with Crippen LogP contribution in [0.25, 0.3) is 0 Å². The van der Waals surface area contributed by atoms with Crippen molar-refractivity contribution < 1.29 is 14.9 Å². The van der Waals surface area contributed by atoms with Crippen molar-refractivity contribution in [1.82, 2.24) is 0 Å². The zero-order valence-corrected chi connectivity index (χ0v) is 12.0. The minimum absolute atomic E-state index is 0.0493. The Labute approximate surface area is 121 Å². The van der Waals surface area contributed by atoms with Crippen LogP contribution >= 0.6 is 22.9 Å². The van der Waals surface area contributed by atoms with Crippen molar-refractivity contribution in [3.8, 4) is 11.5 Å². The second kappa shape index (κ2) is 6.28. The molecular weight excluding hydrogens is 284 g/mol. The lowest BCUT2D eigenvalue weighted by Gasteiger charge is -2.11. The standard InChI is InChI=1S/C14H15ClO3S/c1-18-12-8-9(7-10(15)14(12)17)4-5-11(16)13-3-2-6-19-13/h2-3,6-8,11,16-17H,4-5H2,1H3. The van der Waals surface area contributed by atoms with Crippen molar-refractivity contribution in [2.45, 2.75) is 18.9 Å². The zero-order valence-electron chi connectivity index (χ0n) is 10.5. The molecule has 19 heavy (non-hydrogen) atoms. The summed E-state index contributed by atoms with van der Waals surface area (Å²) in [6.07, 6.45) is 0.791. The first-order valence-corrected chi connectivity index (χ1v) is 7.14. The van der Waals surface area contributed by atoms with Gasteiger partial charge in [0.2, 0.25) is 0 Å². The van der Waals surface area contributed by atoms with Crippen LogP contribution < -0.4 is 4.74 Å². The minimum atomic E-state index is -0.474. The lowest BCUT2D eigenvalue weighted by atomic mass is 10.1. The number of halogens is 1. The number of methoxy groups -OCH3 is 1. The fraction of sp³-hybridized carbons (Fsp3) is 0.286. The average molecular weight is 299 g/mol. The molecule has 2 N–H and O–H groups in total. The maximum absolute atomic E-state index is 10.0. The Morgan fingerprint density at radius 1 is 1.42 bits per heavy atom. The van der Waals surface area contributed by atoms with Crippen LogP contribution in [0.3, 0.4) is 0 Å². The lowest BCUT2D eigenvalue weighted by Crippen LogP contribution is -1.98. The van der Waals surface area contributed by atoms with Gasteiger partial charge in [0.1, 0.15) is 0 Å². The van der Waals surface area contributed by atoms with Gasteiger partial charge in [0.15, 0.2) is 11.5 Å². The van der Waals surface area contributed by atoms with E-state index in [1.54, 1.807) is 12.1 Å². The van der Waals surface area contributed by atoms with Gasteiger partial charge in [-0.05, 0) is 42.0 Å². The number of thiophene rings is 1. The fourth-order valence-corrected chi connectivity index (χ4v) is 2.83. The molecule has 1 aromatic heterocycles. The summed E-state index contributed by atoms with van der Waals surface area (Å²) >= 11 is 7.46. The highest BCUT2D eigenvalue weighted by molar-refractivity contribution is 7.10. The number of hydrogen-bond acceptors (Lipinski definition) is 4. The van der Waals surface area contributed by atoms with E-state index in [2.05, 4.69) is 0 Å². The largest absolute Gasteiger partial charge is 0.503 e. The molecule has 0 saturated heterocycles. The molecule has 0 bridgehead atoms. The molecule has 0 amide bonds. The van der Waals surface area contributed by atoms with E-state index in [4.69, 9.17) is 16.3 Å². The van der Waals surface area contributed by atoms with Crippen molar-refractivity contribution in [2.75, 3.05) is 7.11 Å². The van der Waals surface area contributed by atoms with E-state index in [1.165, 1.54) is 18.4 Å². The van der Waals surface area contributed by atoms with Gasteiger partial charge in [-0.3, -0.25) is 0 Å². The Morgan fingerprint density at radius 3 is 2.84 bits per heavy atom. The molecule has 0 spiro atoms. The monoisotopic (exact) mass is 298 g/mol. The van der Waals surface area contributed by atoms with Crippen LogP contribution in [0.15, 0.2) is 29.6 Å². The van der Waals surface area contributed by atoms with E-state index in [-0.39, 0.29) is 10.8 Å². The van der Waals surface area contributed by atoms with Crippen molar-refractivity contribution in [2.24, 2.45) is 0 Å². The summed E-state index contributed by atoms with van der Waals surface area (Å²) in [5, 5.41) is 21.9. The van der Waals surface area contributed by atoms with E-state index < -0.39 is 6.10 Å². The molecule has 3 nitrogen and oxygen atoms in total. The summed E-state index contributed by atoms with van der Waals surface area (Å²) in [5.74, 6) is 0.305. The number of phenolic OH excluding ortho intramolecular Hbond substituents is 1. The van der Waals surface area contributed by atoms with Gasteiger partial charge < -0.3 is 14.9 Å². The Kier molecular flexibility index (Phi) is 4.69. The fourth-order valence-electron chi connectivity index (χ4n) is 1.85. The molecule has 2 aromatic rings. The van der Waals surface area contributed by atoms with Crippen molar-refractivity contribution >= 4 is 22.9 Å². The zero-order chi connectivity index (χ0) is 13.8. The van der Waals surface area contributed by atoms with Gasteiger partial charge in [-0.1, -0.05) is 17.7 Å². The van der Waals surface area contributed by atoms with Crippen molar-refractivity contribution in [3.63, 3.8) is 0 Å². The van der Waals surface area contributed by atoms with Crippen LogP contribution in [0.1, 0.15) is 23.0 Å². The number of aryl methyl sites for hydroxylation is 1. The molecule has 5 heteroatoms. The van der Waals surface area contributed by atoms with Crippen LogP contribution in [0, 0.1) is 0 Å². The average Bonchev–Trinajstić information content (AvgIpc) is 2.93. The maximum atomic E-state index is 10.0. The molecule has 0 saturated carbocycles. The van der Waals surface area contributed by atoms with Crippen LogP contribution in [0.5, 0.6) is 11.5 Å². The predicted molar refractivity (Wildman–Crippen MR) is 77.3 cm³/mol. The van der Waals surface area contributed by atoms with Crippen LogP contribution in [-0.4, -0.2) is 17.3 Å². The molecule has 0 aliphatic heterocycles. The smallest absolute Gasteiger partial charge is 0.176 e. The minimum Gasteiger partial charge on any atom is -0.503 e. The highest BCUT2D eigenvalue weighted by Crippen LogP contribution is 2.35. The van der Waals surface area contributed by atoms with Crippen LogP contribution in [-0.2, 0) is 6.42 Å². The Bertz CT molecular complexity index is 540. The first-order valence-electron chi connectivity index (χ1n) is 5.88. The molecule has 0 fully saturated rings. The van der Waals surface area contributed by atoms with Gasteiger partial charge in [-0.2, -0.15) is 0 Å². The number of hydrogen-bond donors (Lipinski definition) is 2. The molecular formula is C14H15ClO3S. The van der Waals surface area contributed by atoms with E-state index >= 15 is 0 Å². The lowest BCUT2D eigenvalue weighted by molar-refractivity contribution is 0.171. The second-order valence-corrected chi connectivity index (χ2v) is 5.58. The van der Waals surface area contributed by atoms with Crippen LogP contribution in [0.2, 0.25) is 5.02 Å². The van der Waals surface area contributed by atoms with Gasteiger partial charge in [-0.25, -0.2) is 0 Å². The van der Waals surface area contributed by atoms with E-state index in [0.717, 1.165) is 10.4 Å². The van der Waals surface area contributed by atoms with E-state index in [1.807, 2.05) is 17.5 Å². The van der Waals surface area contributed by atoms with Gasteiger partial charge in [0, 0.05) is 4.88 Å². The molecule has 1 unspecified atom stereocenters. The van der Waals surface area contributed by atoms with E-state index in [0.29, 0.717) is 18.6 Å². The third kappa shape index (κ3) is 3.41. The quantitative estimate of drug-likeness (QED) is 0.883. The molecule has 1 heterocycles. The number of rotatable bonds is 5. The number of phenols is 1. The summed E-state index contributed by atoms with van der Waals surface area (Å²) in [6.45, 7) is 0. The van der Waals surface area contributed by atoms with Gasteiger partial charge >= 0.3 is 0 Å². The number of benzene rings is 1. The molecule has 0 aliphatic carbocycles. The molecule has 0 aliphatic rings. The molecule has 1 aromatic carbocycles. The summed E-state index contributed by atoms with van der Waals surface area (Å²) in [4.78, 5) is 0.955. The first kappa shape index (κ1) is 14.2. The topological polar surface area (TPSA) is 49.7 Å². The molecule has 2 rings (SSSR count). The highest BCUT2D eigenvalue weighted by Gasteiger charge is 2.12. The Hall–Kier alpha value is -1.23. The highest BCUT2D eigenvalue weighted by atomic mass is 35.5.